The van der Waals surface area contributed by atoms with Crippen LogP contribution < -0.4 is 0 Å². The zero-order valence-corrected chi connectivity index (χ0v) is 32.2. The Bertz CT molecular complexity index is 723. The van der Waals surface area contributed by atoms with Crippen LogP contribution in [-0.2, 0) is 9.59 Å². The van der Waals surface area contributed by atoms with Gasteiger partial charge in [-0.05, 0) is 44.9 Å². The lowest BCUT2D eigenvalue weighted by Crippen LogP contribution is -1.93. The Morgan fingerprint density at radius 2 is 0.667 bits per heavy atom. The number of carbonyl (C=O) groups is 2. The maximum atomic E-state index is 10.4. The molecule has 0 radical (unpaired) electrons. The molecule has 0 saturated heterocycles. The van der Waals surface area contributed by atoms with Crippen molar-refractivity contribution in [3.05, 3.63) is 36.5 Å². The van der Waals surface area contributed by atoms with E-state index in [1.54, 1.807) is 6.08 Å². The summed E-state index contributed by atoms with van der Waals surface area (Å²) in [5, 5.41) is 17.0. The number of carboxylic acids is 2. The maximum absolute atomic E-state index is 10.4. The fourth-order valence-corrected chi connectivity index (χ4v) is 6.00. The summed E-state index contributed by atoms with van der Waals surface area (Å²) in [6.45, 7) is 4.55. The van der Waals surface area contributed by atoms with Crippen LogP contribution in [-0.4, -0.2) is 22.2 Å². The lowest BCUT2D eigenvalue weighted by atomic mass is 10.0. The van der Waals surface area contributed by atoms with E-state index in [0.717, 1.165) is 19.3 Å². The van der Waals surface area contributed by atoms with Gasteiger partial charge in [-0.25, -0.2) is 4.79 Å². The van der Waals surface area contributed by atoms with E-state index in [2.05, 4.69) is 32.1 Å². The summed E-state index contributed by atoms with van der Waals surface area (Å²) in [6.07, 6.45) is 55.7. The highest BCUT2D eigenvalue weighted by Crippen LogP contribution is 2.15. The van der Waals surface area contributed by atoms with Gasteiger partial charge in [-0.1, -0.05) is 211 Å². The molecule has 0 aliphatic carbocycles. The van der Waals surface area contributed by atoms with Crippen LogP contribution in [0.15, 0.2) is 36.5 Å². The van der Waals surface area contributed by atoms with Gasteiger partial charge in [0.25, 0.3) is 0 Å². The molecule has 0 spiro atoms. The first-order chi connectivity index (χ1) is 23.5. The van der Waals surface area contributed by atoms with E-state index in [1.165, 1.54) is 199 Å². The highest BCUT2D eigenvalue weighted by molar-refractivity contribution is 5.80. The van der Waals surface area contributed by atoms with Crippen LogP contribution in [0.2, 0.25) is 0 Å². The zero-order chi connectivity index (χ0) is 35.4. The molecular formula is C44H82O4. The molecule has 0 bridgehead atoms. The third-order valence-corrected chi connectivity index (χ3v) is 9.11. The summed E-state index contributed by atoms with van der Waals surface area (Å²) in [7, 11) is 0. The average molecular weight is 675 g/mol. The molecule has 0 aromatic carbocycles. The van der Waals surface area contributed by atoms with Crippen LogP contribution >= 0.6 is 0 Å². The van der Waals surface area contributed by atoms with Gasteiger partial charge in [0.2, 0.25) is 0 Å². The first-order valence-corrected chi connectivity index (χ1v) is 21.0. The second-order valence-electron chi connectivity index (χ2n) is 14.0. The van der Waals surface area contributed by atoms with E-state index in [1.807, 2.05) is 6.08 Å². The number of hydrogen-bond acceptors (Lipinski definition) is 2. The van der Waals surface area contributed by atoms with Crippen LogP contribution in [0.4, 0.5) is 0 Å². The number of rotatable bonds is 37. The highest BCUT2D eigenvalue weighted by atomic mass is 16.4. The molecule has 0 fully saturated rings. The van der Waals surface area contributed by atoms with Gasteiger partial charge in [-0.3, -0.25) is 4.79 Å². The van der Waals surface area contributed by atoms with Gasteiger partial charge in [0.05, 0.1) is 0 Å². The molecule has 0 unspecified atom stereocenters. The van der Waals surface area contributed by atoms with Gasteiger partial charge in [-0.15, -0.1) is 0 Å². The summed E-state index contributed by atoms with van der Waals surface area (Å²) in [5.41, 5.74) is 0. The van der Waals surface area contributed by atoms with E-state index in [4.69, 9.17) is 10.2 Å². The van der Waals surface area contributed by atoms with E-state index in [0.29, 0.717) is 6.42 Å². The SMILES string of the molecule is CCCCCCCC/C=C\CCCCCCCCCCCC(=O)O.CCCCCCCCCCCCCCCCC/C=C/C=C/C(=O)O. The fourth-order valence-electron chi connectivity index (χ4n) is 6.00. The second kappa shape index (κ2) is 45.2. The molecule has 0 aliphatic rings. The monoisotopic (exact) mass is 675 g/mol. The van der Waals surface area contributed by atoms with Gasteiger partial charge >= 0.3 is 11.9 Å². The third-order valence-electron chi connectivity index (χ3n) is 9.11. The Kier molecular flexibility index (Phi) is 45.4. The molecule has 0 amide bonds. The predicted octanol–water partition coefficient (Wildman–Crippen LogP) is 15.1. The summed E-state index contributed by atoms with van der Waals surface area (Å²) in [6, 6.07) is 0. The molecule has 0 aliphatic heterocycles. The van der Waals surface area contributed by atoms with Crippen molar-refractivity contribution in [3.63, 3.8) is 0 Å². The van der Waals surface area contributed by atoms with Crippen molar-refractivity contribution in [1.82, 2.24) is 0 Å². The lowest BCUT2D eigenvalue weighted by Gasteiger charge is -2.03. The number of aliphatic carboxylic acids is 2. The second-order valence-corrected chi connectivity index (χ2v) is 14.0. The van der Waals surface area contributed by atoms with Crippen molar-refractivity contribution >= 4 is 11.9 Å². The number of allylic oxidation sites excluding steroid dienone is 5. The molecular weight excluding hydrogens is 592 g/mol. The molecule has 0 heterocycles. The van der Waals surface area contributed by atoms with Gasteiger partial charge in [0.1, 0.15) is 0 Å². The maximum Gasteiger partial charge on any atom is 0.328 e. The molecule has 0 rings (SSSR count). The largest absolute Gasteiger partial charge is 0.481 e. The van der Waals surface area contributed by atoms with Crippen molar-refractivity contribution in [2.45, 2.75) is 232 Å². The average Bonchev–Trinajstić information content (AvgIpc) is 3.07. The topological polar surface area (TPSA) is 74.6 Å². The summed E-state index contributed by atoms with van der Waals surface area (Å²) < 4.78 is 0. The van der Waals surface area contributed by atoms with Crippen LogP contribution in [0.3, 0.4) is 0 Å². The Balaban J connectivity index is 0. The molecule has 0 saturated carbocycles. The fraction of sp³-hybridized carbons (Fsp3) is 0.818. The number of hydrogen-bond donors (Lipinski definition) is 2. The molecule has 48 heavy (non-hydrogen) atoms. The van der Waals surface area contributed by atoms with E-state index < -0.39 is 11.9 Å². The van der Waals surface area contributed by atoms with Crippen molar-refractivity contribution in [2.24, 2.45) is 0 Å². The van der Waals surface area contributed by atoms with Crippen LogP contribution in [0.1, 0.15) is 232 Å². The van der Waals surface area contributed by atoms with E-state index >= 15 is 0 Å². The Labute approximate surface area is 299 Å². The summed E-state index contributed by atoms with van der Waals surface area (Å²) >= 11 is 0. The van der Waals surface area contributed by atoms with Gasteiger partial charge in [0, 0.05) is 12.5 Å². The first-order valence-electron chi connectivity index (χ1n) is 21.0. The number of unbranched alkanes of at least 4 members (excludes halogenated alkanes) is 30. The molecule has 0 atom stereocenters. The van der Waals surface area contributed by atoms with Gasteiger partial charge < -0.3 is 10.2 Å². The minimum Gasteiger partial charge on any atom is -0.481 e. The lowest BCUT2D eigenvalue weighted by molar-refractivity contribution is -0.137. The highest BCUT2D eigenvalue weighted by Gasteiger charge is 1.97. The van der Waals surface area contributed by atoms with Crippen LogP contribution in [0.5, 0.6) is 0 Å². The van der Waals surface area contributed by atoms with Crippen molar-refractivity contribution in [3.8, 4) is 0 Å². The first kappa shape index (κ1) is 48.3. The minimum atomic E-state index is -0.883. The Morgan fingerprint density at radius 3 is 0.979 bits per heavy atom. The van der Waals surface area contributed by atoms with E-state index in [9.17, 15) is 9.59 Å². The molecule has 0 aromatic rings. The molecule has 0 aromatic heterocycles. The smallest absolute Gasteiger partial charge is 0.328 e. The van der Waals surface area contributed by atoms with Crippen LogP contribution in [0.25, 0.3) is 0 Å². The van der Waals surface area contributed by atoms with Crippen LogP contribution in [0, 0.1) is 0 Å². The standard InChI is InChI=1S/C22H42O2.C22H40O2/c2*1-2-3-4-5-6-7-8-9-10-11-12-13-14-15-16-17-18-19-20-21-22(23)24/h9-10H,2-8,11-21H2,1H3,(H,23,24);18-21H,2-17H2,1H3,(H,23,24)/b10-9-;19-18+,21-20+. The molecule has 4 heteroatoms. The zero-order valence-electron chi connectivity index (χ0n) is 32.2. The minimum absolute atomic E-state index is 0.340. The third kappa shape index (κ3) is 51.0. The van der Waals surface area contributed by atoms with Gasteiger partial charge in [0.15, 0.2) is 0 Å². The normalized spacial score (nSPS) is 11.5. The van der Waals surface area contributed by atoms with Crippen molar-refractivity contribution in [1.29, 1.82) is 0 Å². The molecule has 2 N–H and O–H groups in total. The quantitative estimate of drug-likeness (QED) is 0.0298. The summed E-state index contributed by atoms with van der Waals surface area (Å²) in [4.78, 5) is 20.6. The Hall–Kier alpha value is -1.84. The summed E-state index contributed by atoms with van der Waals surface area (Å²) in [5.74, 6) is -1.54. The molecule has 4 nitrogen and oxygen atoms in total. The Morgan fingerprint density at radius 1 is 0.375 bits per heavy atom. The predicted molar refractivity (Wildman–Crippen MR) is 211 cm³/mol. The molecule has 282 valence electrons. The number of carboxylic acid groups (broad SMARTS) is 2. The van der Waals surface area contributed by atoms with Crippen molar-refractivity contribution in [2.75, 3.05) is 0 Å². The van der Waals surface area contributed by atoms with Crippen molar-refractivity contribution < 1.29 is 19.8 Å². The van der Waals surface area contributed by atoms with E-state index in [-0.39, 0.29) is 0 Å². The van der Waals surface area contributed by atoms with Gasteiger partial charge in [-0.2, -0.15) is 0 Å².